The van der Waals surface area contributed by atoms with E-state index in [9.17, 15) is 4.79 Å². The topological polar surface area (TPSA) is 80.9 Å². The van der Waals surface area contributed by atoms with Crippen LogP contribution in [0.3, 0.4) is 0 Å². The van der Waals surface area contributed by atoms with E-state index in [1.807, 2.05) is 0 Å². The Hall–Kier alpha value is -1.66. The van der Waals surface area contributed by atoms with Crippen LogP contribution < -0.4 is 11.1 Å². The lowest BCUT2D eigenvalue weighted by atomic mass is 10.2. The third kappa shape index (κ3) is 2.96. The maximum Gasteiger partial charge on any atom is 0.260 e. The number of halogens is 2. The molecule has 0 bridgehead atoms. The Kier molecular flexibility index (Phi) is 3.78. The molecule has 1 aromatic heterocycles. The van der Waals surface area contributed by atoms with Gasteiger partial charge in [0.2, 0.25) is 5.95 Å². The zero-order valence-corrected chi connectivity index (χ0v) is 11.4. The first-order valence-electron chi connectivity index (χ1n) is 4.91. The van der Waals surface area contributed by atoms with E-state index < -0.39 is 5.91 Å². The van der Waals surface area contributed by atoms with E-state index in [0.717, 1.165) is 4.47 Å². The Balaban J connectivity index is 2.24. The SMILES string of the molecule is Nc1ccc(Br)cc1C(=O)Nc1nccc(Cl)n1. The van der Waals surface area contributed by atoms with Crippen LogP contribution in [0.5, 0.6) is 0 Å². The molecule has 1 heterocycles. The van der Waals surface area contributed by atoms with Gasteiger partial charge in [-0.15, -0.1) is 0 Å². The number of nitrogens with zero attached hydrogens (tertiary/aromatic N) is 2. The molecule has 0 saturated carbocycles. The van der Waals surface area contributed by atoms with Crippen molar-refractivity contribution in [2.75, 3.05) is 11.1 Å². The van der Waals surface area contributed by atoms with Gasteiger partial charge < -0.3 is 5.73 Å². The highest BCUT2D eigenvalue weighted by Crippen LogP contribution is 2.19. The van der Waals surface area contributed by atoms with Crippen molar-refractivity contribution in [3.8, 4) is 0 Å². The molecule has 0 spiro atoms. The lowest BCUT2D eigenvalue weighted by Gasteiger charge is -2.06. The molecule has 0 atom stereocenters. The van der Waals surface area contributed by atoms with E-state index in [4.69, 9.17) is 17.3 Å². The normalized spacial score (nSPS) is 10.1. The molecule has 92 valence electrons. The average molecular weight is 328 g/mol. The molecule has 0 aliphatic rings. The zero-order valence-electron chi connectivity index (χ0n) is 9.02. The van der Waals surface area contributed by atoms with Gasteiger partial charge in [-0.05, 0) is 24.3 Å². The molecule has 7 heteroatoms. The fourth-order valence-corrected chi connectivity index (χ4v) is 1.79. The van der Waals surface area contributed by atoms with Crippen molar-refractivity contribution in [1.29, 1.82) is 0 Å². The van der Waals surface area contributed by atoms with Crippen LogP contribution in [0.4, 0.5) is 11.6 Å². The molecule has 3 N–H and O–H groups in total. The number of amides is 1. The van der Waals surface area contributed by atoms with Crippen LogP contribution in [0, 0.1) is 0 Å². The molecule has 2 rings (SSSR count). The summed E-state index contributed by atoms with van der Waals surface area (Å²) in [5.41, 5.74) is 6.44. The largest absolute Gasteiger partial charge is 0.398 e. The number of benzene rings is 1. The lowest BCUT2D eigenvalue weighted by molar-refractivity contribution is 0.102. The number of carbonyl (C=O) groups is 1. The fraction of sp³-hybridized carbons (Fsp3) is 0. The van der Waals surface area contributed by atoms with Crippen LogP contribution in [-0.2, 0) is 0 Å². The molecule has 0 saturated heterocycles. The van der Waals surface area contributed by atoms with Crippen molar-refractivity contribution in [3.63, 3.8) is 0 Å². The average Bonchev–Trinajstić information content (AvgIpc) is 2.32. The van der Waals surface area contributed by atoms with Gasteiger partial charge in [-0.1, -0.05) is 27.5 Å². The van der Waals surface area contributed by atoms with Gasteiger partial charge in [0, 0.05) is 16.4 Å². The zero-order chi connectivity index (χ0) is 13.1. The maximum absolute atomic E-state index is 12.0. The van der Waals surface area contributed by atoms with Crippen LogP contribution in [0.25, 0.3) is 0 Å². The van der Waals surface area contributed by atoms with Crippen LogP contribution >= 0.6 is 27.5 Å². The third-order valence-electron chi connectivity index (χ3n) is 2.11. The van der Waals surface area contributed by atoms with Gasteiger partial charge in [-0.2, -0.15) is 0 Å². The third-order valence-corrected chi connectivity index (χ3v) is 2.81. The van der Waals surface area contributed by atoms with Crippen molar-refractivity contribution in [2.45, 2.75) is 0 Å². The van der Waals surface area contributed by atoms with Crippen LogP contribution in [0.15, 0.2) is 34.9 Å². The molecule has 0 aliphatic carbocycles. The number of nitrogens with one attached hydrogen (secondary N) is 1. The molecule has 0 unspecified atom stereocenters. The monoisotopic (exact) mass is 326 g/mol. The minimum atomic E-state index is -0.393. The van der Waals surface area contributed by atoms with Gasteiger partial charge in [0.1, 0.15) is 5.15 Å². The number of carbonyl (C=O) groups excluding carboxylic acids is 1. The fourth-order valence-electron chi connectivity index (χ4n) is 1.29. The van der Waals surface area contributed by atoms with Crippen LogP contribution in [0.2, 0.25) is 5.15 Å². The van der Waals surface area contributed by atoms with Gasteiger partial charge in [0.05, 0.1) is 5.56 Å². The summed E-state index contributed by atoms with van der Waals surface area (Å²) >= 11 is 8.97. The molecule has 5 nitrogen and oxygen atoms in total. The summed E-state index contributed by atoms with van der Waals surface area (Å²) in [7, 11) is 0. The van der Waals surface area contributed by atoms with Crippen molar-refractivity contribution in [1.82, 2.24) is 9.97 Å². The highest BCUT2D eigenvalue weighted by Gasteiger charge is 2.11. The molecule has 0 aliphatic heterocycles. The standard InChI is InChI=1S/C11H8BrClN4O/c12-6-1-2-8(14)7(5-6)10(18)17-11-15-4-3-9(13)16-11/h1-5H,14H2,(H,15,16,17,18). The molecule has 0 fully saturated rings. The Labute approximate surface area is 117 Å². The van der Waals surface area contributed by atoms with E-state index in [1.165, 1.54) is 12.3 Å². The summed E-state index contributed by atoms with van der Waals surface area (Å²) in [6.45, 7) is 0. The predicted molar refractivity (Wildman–Crippen MR) is 73.5 cm³/mol. The summed E-state index contributed by atoms with van der Waals surface area (Å²) in [6, 6.07) is 6.53. The molecule has 2 aromatic rings. The summed E-state index contributed by atoms with van der Waals surface area (Å²) in [6.07, 6.45) is 1.45. The number of hydrogen-bond donors (Lipinski definition) is 2. The molecule has 0 radical (unpaired) electrons. The van der Waals surface area contributed by atoms with Gasteiger partial charge in [-0.25, -0.2) is 9.97 Å². The maximum atomic E-state index is 12.0. The highest BCUT2D eigenvalue weighted by atomic mass is 79.9. The second-order valence-electron chi connectivity index (χ2n) is 3.39. The van der Waals surface area contributed by atoms with Crippen LogP contribution in [0.1, 0.15) is 10.4 Å². The first-order valence-corrected chi connectivity index (χ1v) is 6.08. The van der Waals surface area contributed by atoms with Crippen molar-refractivity contribution in [2.24, 2.45) is 0 Å². The number of nitrogen functional groups attached to an aromatic ring is 1. The summed E-state index contributed by atoms with van der Waals surface area (Å²) in [4.78, 5) is 19.7. The van der Waals surface area contributed by atoms with E-state index in [0.29, 0.717) is 11.3 Å². The number of aromatic nitrogens is 2. The number of hydrogen-bond acceptors (Lipinski definition) is 4. The number of nitrogens with two attached hydrogens (primary N) is 1. The highest BCUT2D eigenvalue weighted by molar-refractivity contribution is 9.10. The van der Waals surface area contributed by atoms with E-state index in [-0.39, 0.29) is 11.1 Å². The van der Waals surface area contributed by atoms with E-state index in [2.05, 4.69) is 31.2 Å². The number of anilines is 2. The summed E-state index contributed by atoms with van der Waals surface area (Å²) in [5.74, 6) is -0.261. The Morgan fingerprint density at radius 2 is 2.17 bits per heavy atom. The first-order chi connectivity index (χ1) is 8.56. The Bertz CT molecular complexity index is 605. The molecule has 18 heavy (non-hydrogen) atoms. The van der Waals surface area contributed by atoms with Crippen LogP contribution in [-0.4, -0.2) is 15.9 Å². The van der Waals surface area contributed by atoms with Gasteiger partial charge in [0.25, 0.3) is 5.91 Å². The smallest absolute Gasteiger partial charge is 0.260 e. The van der Waals surface area contributed by atoms with Gasteiger partial charge >= 0.3 is 0 Å². The van der Waals surface area contributed by atoms with Gasteiger partial charge in [0.15, 0.2) is 0 Å². The summed E-state index contributed by atoms with van der Waals surface area (Å²) < 4.78 is 0.758. The lowest BCUT2D eigenvalue weighted by Crippen LogP contribution is -2.15. The van der Waals surface area contributed by atoms with Crippen molar-refractivity contribution < 1.29 is 4.79 Å². The summed E-state index contributed by atoms with van der Waals surface area (Å²) in [5, 5.41) is 2.77. The number of rotatable bonds is 2. The molecule has 1 aromatic carbocycles. The van der Waals surface area contributed by atoms with E-state index >= 15 is 0 Å². The molecule has 1 amide bonds. The quantitative estimate of drug-likeness (QED) is 0.656. The van der Waals surface area contributed by atoms with Gasteiger partial charge in [-0.3, -0.25) is 10.1 Å². The second kappa shape index (κ2) is 5.32. The first kappa shape index (κ1) is 12.8. The Morgan fingerprint density at radius 3 is 2.89 bits per heavy atom. The predicted octanol–water partition coefficient (Wildman–Crippen LogP) is 2.73. The van der Waals surface area contributed by atoms with Crippen molar-refractivity contribution in [3.05, 3.63) is 45.7 Å². The molecular formula is C11H8BrClN4O. The second-order valence-corrected chi connectivity index (χ2v) is 4.69. The minimum Gasteiger partial charge on any atom is -0.398 e. The Morgan fingerprint density at radius 1 is 1.39 bits per heavy atom. The molecular weight excluding hydrogens is 320 g/mol. The minimum absolute atomic E-state index is 0.131. The van der Waals surface area contributed by atoms with Crippen molar-refractivity contribution >= 4 is 45.1 Å². The van der Waals surface area contributed by atoms with E-state index in [1.54, 1.807) is 18.2 Å².